The summed E-state index contributed by atoms with van der Waals surface area (Å²) in [5, 5.41) is 3.97. The molecule has 0 aliphatic carbocycles. The summed E-state index contributed by atoms with van der Waals surface area (Å²) in [6, 6.07) is 7.92. The van der Waals surface area contributed by atoms with Crippen LogP contribution in [0.15, 0.2) is 49.8 Å². The molecule has 2 N–H and O–H groups in total. The highest BCUT2D eigenvalue weighted by Gasteiger charge is 2.09. The molecule has 1 aromatic carbocycles. The zero-order valence-corrected chi connectivity index (χ0v) is 13.7. The van der Waals surface area contributed by atoms with Crippen LogP contribution in [0.2, 0.25) is 0 Å². The van der Waals surface area contributed by atoms with Crippen LogP contribution in [0.5, 0.6) is 0 Å². The SMILES string of the molecule is CCNC(C)c1ccc(Sc2nccc(=O)[nH]2)c(Br)c1. The largest absolute Gasteiger partial charge is 0.310 e. The van der Waals surface area contributed by atoms with Gasteiger partial charge in [-0.05, 0) is 47.1 Å². The molecule has 1 atom stereocenters. The predicted molar refractivity (Wildman–Crippen MR) is 85.2 cm³/mol. The molecule has 1 unspecified atom stereocenters. The molecular formula is C14H16BrN3OS. The molecule has 106 valence electrons. The van der Waals surface area contributed by atoms with Crippen molar-refractivity contribution in [3.05, 3.63) is 50.9 Å². The smallest absolute Gasteiger partial charge is 0.251 e. The van der Waals surface area contributed by atoms with Crippen LogP contribution in [0.4, 0.5) is 0 Å². The van der Waals surface area contributed by atoms with Crippen LogP contribution < -0.4 is 10.9 Å². The maximum atomic E-state index is 11.3. The minimum Gasteiger partial charge on any atom is -0.310 e. The Hall–Kier alpha value is -1.11. The van der Waals surface area contributed by atoms with Crippen LogP contribution in [-0.4, -0.2) is 16.5 Å². The third-order valence-corrected chi connectivity index (χ3v) is 4.72. The second kappa shape index (κ2) is 7.06. The fraction of sp³-hybridized carbons (Fsp3) is 0.286. The molecule has 4 nitrogen and oxygen atoms in total. The number of rotatable bonds is 5. The molecule has 0 amide bonds. The maximum Gasteiger partial charge on any atom is 0.251 e. The first-order valence-electron chi connectivity index (χ1n) is 6.36. The lowest BCUT2D eigenvalue weighted by molar-refractivity contribution is 0.597. The highest BCUT2D eigenvalue weighted by molar-refractivity contribution is 9.10. The molecule has 0 spiro atoms. The Labute approximate surface area is 130 Å². The lowest BCUT2D eigenvalue weighted by Gasteiger charge is -2.14. The molecule has 2 aromatic rings. The molecular weight excluding hydrogens is 338 g/mol. The fourth-order valence-corrected chi connectivity index (χ4v) is 3.21. The van der Waals surface area contributed by atoms with Gasteiger partial charge in [0, 0.05) is 27.7 Å². The summed E-state index contributed by atoms with van der Waals surface area (Å²) in [4.78, 5) is 19.1. The summed E-state index contributed by atoms with van der Waals surface area (Å²) in [7, 11) is 0. The standard InChI is InChI=1S/C14H16BrN3OS/c1-3-16-9(2)10-4-5-12(11(15)8-10)20-14-17-7-6-13(19)18-14/h4-9,16H,3H2,1-2H3,(H,17,18,19). The second-order valence-electron chi connectivity index (χ2n) is 4.31. The number of hydrogen-bond acceptors (Lipinski definition) is 4. The first-order chi connectivity index (χ1) is 9.60. The molecule has 2 rings (SSSR count). The van der Waals surface area contributed by atoms with Crippen molar-refractivity contribution in [2.75, 3.05) is 6.54 Å². The van der Waals surface area contributed by atoms with E-state index in [2.05, 4.69) is 57.2 Å². The van der Waals surface area contributed by atoms with Gasteiger partial charge in [0.1, 0.15) is 0 Å². The monoisotopic (exact) mass is 353 g/mol. The summed E-state index contributed by atoms with van der Waals surface area (Å²) in [5.74, 6) is 0. The Morgan fingerprint density at radius 2 is 2.25 bits per heavy atom. The number of benzene rings is 1. The first kappa shape index (κ1) is 15.3. The van der Waals surface area contributed by atoms with E-state index in [9.17, 15) is 4.79 Å². The summed E-state index contributed by atoms with van der Waals surface area (Å²) < 4.78 is 0.997. The van der Waals surface area contributed by atoms with Crippen LogP contribution in [0, 0.1) is 0 Å². The highest BCUT2D eigenvalue weighted by Crippen LogP contribution is 2.32. The Kier molecular flexibility index (Phi) is 5.39. The molecule has 1 aromatic heterocycles. The number of halogens is 1. The number of hydrogen-bond donors (Lipinski definition) is 2. The summed E-state index contributed by atoms with van der Waals surface area (Å²) >= 11 is 5.00. The summed E-state index contributed by atoms with van der Waals surface area (Å²) in [5.41, 5.74) is 1.08. The van der Waals surface area contributed by atoms with E-state index in [0.29, 0.717) is 11.2 Å². The van der Waals surface area contributed by atoms with Gasteiger partial charge in [0.15, 0.2) is 5.16 Å². The molecule has 0 radical (unpaired) electrons. The topological polar surface area (TPSA) is 57.8 Å². The van der Waals surface area contributed by atoms with Crippen molar-refractivity contribution in [3.63, 3.8) is 0 Å². The van der Waals surface area contributed by atoms with Gasteiger partial charge in [0.05, 0.1) is 0 Å². The van der Waals surface area contributed by atoms with Gasteiger partial charge in [-0.2, -0.15) is 0 Å². The number of aromatic nitrogens is 2. The van der Waals surface area contributed by atoms with E-state index < -0.39 is 0 Å². The van der Waals surface area contributed by atoms with E-state index in [4.69, 9.17) is 0 Å². The van der Waals surface area contributed by atoms with Gasteiger partial charge in [-0.1, -0.05) is 24.8 Å². The number of nitrogens with zero attached hydrogens (tertiary/aromatic N) is 1. The lowest BCUT2D eigenvalue weighted by Crippen LogP contribution is -2.17. The molecule has 0 aliphatic heterocycles. The third-order valence-electron chi connectivity index (χ3n) is 2.82. The van der Waals surface area contributed by atoms with Crippen LogP contribution in [0.3, 0.4) is 0 Å². The Morgan fingerprint density at radius 1 is 1.45 bits per heavy atom. The van der Waals surface area contributed by atoms with Gasteiger partial charge in [0.25, 0.3) is 5.56 Å². The third kappa shape index (κ3) is 3.94. The summed E-state index contributed by atoms with van der Waals surface area (Å²) in [6.07, 6.45) is 1.51. The number of nitrogens with one attached hydrogen (secondary N) is 2. The van der Waals surface area contributed by atoms with E-state index in [1.807, 2.05) is 6.07 Å². The van der Waals surface area contributed by atoms with Gasteiger partial charge in [-0.3, -0.25) is 4.79 Å². The van der Waals surface area contributed by atoms with Crippen LogP contribution in [-0.2, 0) is 0 Å². The quantitative estimate of drug-likeness (QED) is 0.809. The Bertz CT molecular complexity index is 644. The van der Waals surface area contributed by atoms with Crippen molar-refractivity contribution in [2.45, 2.75) is 29.9 Å². The normalized spacial score (nSPS) is 12.3. The lowest BCUT2D eigenvalue weighted by atomic mass is 10.1. The second-order valence-corrected chi connectivity index (χ2v) is 6.20. The number of aromatic amines is 1. The van der Waals surface area contributed by atoms with Crippen molar-refractivity contribution < 1.29 is 0 Å². The van der Waals surface area contributed by atoms with Gasteiger partial charge in [-0.15, -0.1) is 0 Å². The molecule has 1 heterocycles. The van der Waals surface area contributed by atoms with Crippen molar-refractivity contribution in [2.24, 2.45) is 0 Å². The fourth-order valence-electron chi connectivity index (χ4n) is 1.80. The zero-order chi connectivity index (χ0) is 14.5. The minimum atomic E-state index is -0.143. The molecule has 0 fully saturated rings. The van der Waals surface area contributed by atoms with Gasteiger partial charge >= 0.3 is 0 Å². The van der Waals surface area contributed by atoms with E-state index >= 15 is 0 Å². The van der Waals surface area contributed by atoms with E-state index in [1.165, 1.54) is 29.6 Å². The highest BCUT2D eigenvalue weighted by atomic mass is 79.9. The van der Waals surface area contributed by atoms with E-state index in [1.54, 1.807) is 0 Å². The van der Waals surface area contributed by atoms with Crippen LogP contribution in [0.1, 0.15) is 25.5 Å². The Balaban J connectivity index is 2.19. The Morgan fingerprint density at radius 3 is 2.90 bits per heavy atom. The van der Waals surface area contributed by atoms with Gasteiger partial charge < -0.3 is 10.3 Å². The van der Waals surface area contributed by atoms with Crippen molar-refractivity contribution in [3.8, 4) is 0 Å². The van der Waals surface area contributed by atoms with E-state index in [0.717, 1.165) is 15.9 Å². The zero-order valence-electron chi connectivity index (χ0n) is 11.3. The predicted octanol–water partition coefficient (Wildman–Crippen LogP) is 3.35. The average molecular weight is 354 g/mol. The number of H-pyrrole nitrogens is 1. The summed E-state index contributed by atoms with van der Waals surface area (Å²) in [6.45, 7) is 5.16. The minimum absolute atomic E-state index is 0.143. The maximum absolute atomic E-state index is 11.3. The van der Waals surface area contributed by atoms with Crippen molar-refractivity contribution >= 4 is 27.7 Å². The average Bonchev–Trinajstić information content (AvgIpc) is 2.41. The van der Waals surface area contributed by atoms with Gasteiger partial charge in [0.2, 0.25) is 0 Å². The van der Waals surface area contributed by atoms with Crippen LogP contribution in [0.25, 0.3) is 0 Å². The van der Waals surface area contributed by atoms with Crippen molar-refractivity contribution in [1.82, 2.24) is 15.3 Å². The molecule has 0 saturated carbocycles. The van der Waals surface area contributed by atoms with Crippen molar-refractivity contribution in [1.29, 1.82) is 0 Å². The molecule has 0 aliphatic rings. The molecule has 6 heteroatoms. The van der Waals surface area contributed by atoms with Gasteiger partial charge in [-0.25, -0.2) is 4.98 Å². The first-order valence-corrected chi connectivity index (χ1v) is 7.97. The van der Waals surface area contributed by atoms with Crippen LogP contribution >= 0.6 is 27.7 Å². The molecule has 0 saturated heterocycles. The molecule has 0 bridgehead atoms. The van der Waals surface area contributed by atoms with E-state index in [-0.39, 0.29) is 5.56 Å². The molecule has 20 heavy (non-hydrogen) atoms.